The molecule has 2 aromatic carbocycles. The van der Waals surface area contributed by atoms with Crippen molar-refractivity contribution in [3.63, 3.8) is 0 Å². The van der Waals surface area contributed by atoms with E-state index in [2.05, 4.69) is 6.07 Å². The topological polar surface area (TPSA) is 50.1 Å². The van der Waals surface area contributed by atoms with E-state index in [1.54, 1.807) is 55.6 Å². The van der Waals surface area contributed by atoms with Crippen LogP contribution >= 0.6 is 0 Å². The van der Waals surface area contributed by atoms with Gasteiger partial charge < -0.3 is 4.74 Å². The van der Waals surface area contributed by atoms with Crippen molar-refractivity contribution in [2.24, 2.45) is 0 Å². The average molecular weight is 251 g/mol. The Bertz CT molecular complexity index is 624. The third kappa shape index (κ3) is 3.20. The maximum absolute atomic E-state index is 12.1. The molecule has 19 heavy (non-hydrogen) atoms. The van der Waals surface area contributed by atoms with E-state index in [0.717, 1.165) is 5.56 Å². The number of Topliss-reactive ketones (excluding diaryl/α,β-unsaturated/α-hetero) is 1. The number of carbonyl (C=O) groups excluding carboxylic acids is 1. The molecule has 0 spiro atoms. The molecule has 3 nitrogen and oxygen atoms in total. The molecule has 0 radical (unpaired) electrons. The Labute approximate surface area is 112 Å². The van der Waals surface area contributed by atoms with E-state index >= 15 is 0 Å². The fraction of sp³-hybridized carbons (Fsp3) is 0.125. The van der Waals surface area contributed by atoms with Crippen molar-refractivity contribution in [1.82, 2.24) is 0 Å². The predicted molar refractivity (Wildman–Crippen MR) is 72.2 cm³/mol. The molecule has 0 bridgehead atoms. The van der Waals surface area contributed by atoms with Gasteiger partial charge >= 0.3 is 0 Å². The zero-order chi connectivity index (χ0) is 13.7. The highest BCUT2D eigenvalue weighted by Gasteiger charge is 2.08. The number of methoxy groups -OCH3 is 1. The molecule has 0 aliphatic heterocycles. The smallest absolute Gasteiger partial charge is 0.167 e. The van der Waals surface area contributed by atoms with Crippen molar-refractivity contribution in [1.29, 1.82) is 5.26 Å². The molecule has 0 saturated carbocycles. The van der Waals surface area contributed by atoms with E-state index < -0.39 is 0 Å². The fourth-order valence-electron chi connectivity index (χ4n) is 1.78. The summed E-state index contributed by atoms with van der Waals surface area (Å²) < 4.78 is 5.10. The second kappa shape index (κ2) is 5.83. The maximum atomic E-state index is 12.1. The summed E-state index contributed by atoms with van der Waals surface area (Å²) in [5.41, 5.74) is 2.12. The minimum Gasteiger partial charge on any atom is -0.497 e. The first-order valence-electron chi connectivity index (χ1n) is 5.89. The summed E-state index contributed by atoms with van der Waals surface area (Å²) in [6.07, 6.45) is 0.318. The van der Waals surface area contributed by atoms with Gasteiger partial charge in [-0.2, -0.15) is 5.26 Å². The number of carbonyl (C=O) groups is 1. The van der Waals surface area contributed by atoms with E-state index in [4.69, 9.17) is 10.00 Å². The van der Waals surface area contributed by atoms with Crippen LogP contribution in [0.25, 0.3) is 0 Å². The van der Waals surface area contributed by atoms with Crippen LogP contribution in [0.3, 0.4) is 0 Å². The fourth-order valence-corrected chi connectivity index (χ4v) is 1.78. The standard InChI is InChI=1S/C16H13NO2/c1-19-15-4-2-3-14(10-15)16(18)9-12-5-7-13(11-17)8-6-12/h2-8,10H,9H2,1H3. The highest BCUT2D eigenvalue weighted by molar-refractivity contribution is 5.97. The van der Waals surface area contributed by atoms with Crippen molar-refractivity contribution in [3.05, 3.63) is 65.2 Å². The van der Waals surface area contributed by atoms with Crippen molar-refractivity contribution in [3.8, 4) is 11.8 Å². The van der Waals surface area contributed by atoms with E-state index in [1.807, 2.05) is 0 Å². The Morgan fingerprint density at radius 1 is 1.21 bits per heavy atom. The Hall–Kier alpha value is -2.60. The van der Waals surface area contributed by atoms with Gasteiger partial charge in [-0.3, -0.25) is 4.79 Å². The molecule has 0 fully saturated rings. The molecule has 0 heterocycles. The first-order valence-corrected chi connectivity index (χ1v) is 5.89. The van der Waals surface area contributed by atoms with Gasteiger partial charge in [0.25, 0.3) is 0 Å². The second-order valence-electron chi connectivity index (χ2n) is 4.14. The summed E-state index contributed by atoms with van der Waals surface area (Å²) in [7, 11) is 1.57. The van der Waals surface area contributed by atoms with Crippen LogP contribution in [0.5, 0.6) is 5.75 Å². The SMILES string of the molecule is COc1cccc(C(=O)Cc2ccc(C#N)cc2)c1. The molecule has 2 rings (SSSR count). The maximum Gasteiger partial charge on any atom is 0.167 e. The molecule has 3 heteroatoms. The summed E-state index contributed by atoms with van der Waals surface area (Å²) in [4.78, 5) is 12.1. The molecule has 0 N–H and O–H groups in total. The van der Waals surface area contributed by atoms with Crippen LogP contribution in [0.1, 0.15) is 21.5 Å². The largest absolute Gasteiger partial charge is 0.497 e. The van der Waals surface area contributed by atoms with Gasteiger partial charge in [0.1, 0.15) is 5.75 Å². The summed E-state index contributed by atoms with van der Waals surface area (Å²) >= 11 is 0. The molecule has 0 aromatic heterocycles. The van der Waals surface area contributed by atoms with Crippen LogP contribution in [-0.4, -0.2) is 12.9 Å². The molecule has 0 saturated heterocycles. The van der Waals surface area contributed by atoms with Crippen molar-refractivity contribution >= 4 is 5.78 Å². The van der Waals surface area contributed by atoms with Crippen molar-refractivity contribution < 1.29 is 9.53 Å². The van der Waals surface area contributed by atoms with Crippen LogP contribution in [0.2, 0.25) is 0 Å². The van der Waals surface area contributed by atoms with Gasteiger partial charge in [0, 0.05) is 12.0 Å². The zero-order valence-corrected chi connectivity index (χ0v) is 10.6. The number of ether oxygens (including phenoxy) is 1. The van der Waals surface area contributed by atoms with Gasteiger partial charge in [-0.1, -0.05) is 24.3 Å². The third-order valence-electron chi connectivity index (χ3n) is 2.84. The van der Waals surface area contributed by atoms with Gasteiger partial charge in [-0.15, -0.1) is 0 Å². The predicted octanol–water partition coefficient (Wildman–Crippen LogP) is 2.99. The molecule has 0 atom stereocenters. The number of nitrogens with zero attached hydrogens (tertiary/aromatic N) is 1. The van der Waals surface area contributed by atoms with Crippen LogP contribution in [0.4, 0.5) is 0 Å². The summed E-state index contributed by atoms with van der Waals surface area (Å²) in [5.74, 6) is 0.703. The number of hydrogen-bond acceptors (Lipinski definition) is 3. The third-order valence-corrected chi connectivity index (χ3v) is 2.84. The molecule has 0 aliphatic rings. The van der Waals surface area contributed by atoms with Crippen LogP contribution < -0.4 is 4.74 Å². The molecule has 0 aliphatic carbocycles. The molecule has 0 unspecified atom stereocenters. The minimum absolute atomic E-state index is 0.0311. The lowest BCUT2D eigenvalue weighted by Gasteiger charge is -2.04. The second-order valence-corrected chi connectivity index (χ2v) is 4.14. The summed E-state index contributed by atoms with van der Waals surface area (Å²) in [5, 5.41) is 8.72. The Morgan fingerprint density at radius 3 is 2.58 bits per heavy atom. The van der Waals surface area contributed by atoms with Crippen molar-refractivity contribution in [2.75, 3.05) is 7.11 Å². The zero-order valence-electron chi connectivity index (χ0n) is 10.6. The van der Waals surface area contributed by atoms with Gasteiger partial charge in [-0.05, 0) is 29.8 Å². The monoisotopic (exact) mass is 251 g/mol. The molecule has 2 aromatic rings. The number of ketones is 1. The quantitative estimate of drug-likeness (QED) is 0.785. The lowest BCUT2D eigenvalue weighted by Crippen LogP contribution is -2.03. The van der Waals surface area contributed by atoms with E-state index in [1.165, 1.54) is 0 Å². The number of benzene rings is 2. The van der Waals surface area contributed by atoms with Gasteiger partial charge in [0.2, 0.25) is 0 Å². The first-order chi connectivity index (χ1) is 9.22. The Kier molecular flexibility index (Phi) is 3.94. The molecular formula is C16H13NO2. The summed E-state index contributed by atoms with van der Waals surface area (Å²) in [6, 6.07) is 16.2. The number of rotatable bonds is 4. The molecule has 0 amide bonds. The Morgan fingerprint density at radius 2 is 1.95 bits per heavy atom. The average Bonchev–Trinajstić information content (AvgIpc) is 2.48. The lowest BCUT2D eigenvalue weighted by molar-refractivity contribution is 0.0992. The Balaban J connectivity index is 2.13. The van der Waals surface area contributed by atoms with Gasteiger partial charge in [0.05, 0.1) is 18.7 Å². The van der Waals surface area contributed by atoms with Crippen molar-refractivity contribution in [2.45, 2.75) is 6.42 Å². The van der Waals surface area contributed by atoms with Crippen LogP contribution in [0.15, 0.2) is 48.5 Å². The highest BCUT2D eigenvalue weighted by atomic mass is 16.5. The number of nitriles is 1. The minimum atomic E-state index is 0.0311. The molecular weight excluding hydrogens is 238 g/mol. The van der Waals surface area contributed by atoms with Gasteiger partial charge in [0.15, 0.2) is 5.78 Å². The number of hydrogen-bond donors (Lipinski definition) is 0. The van der Waals surface area contributed by atoms with Crippen LogP contribution in [-0.2, 0) is 6.42 Å². The van der Waals surface area contributed by atoms with E-state index in [0.29, 0.717) is 23.3 Å². The van der Waals surface area contributed by atoms with Gasteiger partial charge in [-0.25, -0.2) is 0 Å². The highest BCUT2D eigenvalue weighted by Crippen LogP contribution is 2.15. The van der Waals surface area contributed by atoms with Crippen LogP contribution in [0, 0.1) is 11.3 Å². The normalized spacial score (nSPS) is 9.68. The first kappa shape index (κ1) is 12.8. The summed E-state index contributed by atoms with van der Waals surface area (Å²) in [6.45, 7) is 0. The van der Waals surface area contributed by atoms with E-state index in [9.17, 15) is 4.79 Å². The lowest BCUT2D eigenvalue weighted by atomic mass is 10.0. The van der Waals surface area contributed by atoms with E-state index in [-0.39, 0.29) is 5.78 Å². The molecule has 94 valence electrons.